The number of carbonyl (C=O) groups excluding carboxylic acids is 1. The second kappa shape index (κ2) is 7.70. The Morgan fingerprint density at radius 3 is 2.63 bits per heavy atom. The molecule has 102 valence electrons. The van der Waals surface area contributed by atoms with Crippen molar-refractivity contribution in [3.05, 3.63) is 29.8 Å². The van der Waals surface area contributed by atoms with Gasteiger partial charge < -0.3 is 9.64 Å². The van der Waals surface area contributed by atoms with Crippen LogP contribution in [0.5, 0.6) is 5.75 Å². The van der Waals surface area contributed by atoms with Gasteiger partial charge in [-0.2, -0.15) is 17.0 Å². The van der Waals surface area contributed by atoms with Crippen molar-refractivity contribution in [2.24, 2.45) is 0 Å². The van der Waals surface area contributed by atoms with E-state index in [2.05, 4.69) is 0 Å². The molecular weight excluding hydrogens is 260 g/mol. The summed E-state index contributed by atoms with van der Waals surface area (Å²) in [4.78, 5) is 13.6. The zero-order valence-corrected chi connectivity index (χ0v) is 12.2. The molecule has 0 aromatic heterocycles. The average molecular weight is 278 g/mol. The van der Waals surface area contributed by atoms with Crippen molar-refractivity contribution < 1.29 is 9.53 Å². The maximum Gasteiger partial charge on any atom is 0.260 e. The fourth-order valence-corrected chi connectivity index (χ4v) is 2.18. The number of ether oxygens (including phenoxy) is 1. The number of nitriles is 1. The first kappa shape index (κ1) is 15.4. The fraction of sp³-hybridized carbons (Fsp3) is 0.429. The quantitative estimate of drug-likeness (QED) is 0.800. The lowest BCUT2D eigenvalue weighted by Crippen LogP contribution is -2.39. The van der Waals surface area contributed by atoms with Gasteiger partial charge in [-0.15, -0.1) is 0 Å². The molecule has 1 atom stereocenters. The Labute approximate surface area is 118 Å². The van der Waals surface area contributed by atoms with Crippen LogP contribution in [0.2, 0.25) is 0 Å². The number of amides is 1. The first-order chi connectivity index (χ1) is 9.08. The van der Waals surface area contributed by atoms with E-state index < -0.39 is 0 Å². The van der Waals surface area contributed by atoms with E-state index in [0.29, 0.717) is 11.3 Å². The van der Waals surface area contributed by atoms with Crippen molar-refractivity contribution in [1.29, 1.82) is 5.26 Å². The van der Waals surface area contributed by atoms with Gasteiger partial charge in [0.15, 0.2) is 6.61 Å². The molecule has 4 nitrogen and oxygen atoms in total. The number of hydrogen-bond acceptors (Lipinski definition) is 4. The molecule has 0 aliphatic rings. The Morgan fingerprint density at radius 1 is 1.47 bits per heavy atom. The standard InChI is InChI=1S/C14H18N2O2S/c1-11(10-19-3)16(2)14(17)9-18-13-6-4-12(8-15)5-7-13/h4-7,11H,9-10H2,1-3H3. The summed E-state index contributed by atoms with van der Waals surface area (Å²) in [5.74, 6) is 1.45. The SMILES string of the molecule is CSCC(C)N(C)C(=O)COc1ccc(C#N)cc1. The zero-order chi connectivity index (χ0) is 14.3. The number of carbonyl (C=O) groups is 1. The van der Waals surface area contributed by atoms with Gasteiger partial charge in [0.25, 0.3) is 5.91 Å². The molecule has 0 bridgehead atoms. The van der Waals surface area contributed by atoms with Crippen LogP contribution < -0.4 is 4.74 Å². The van der Waals surface area contributed by atoms with E-state index in [1.54, 1.807) is 48.0 Å². The third-order valence-corrected chi connectivity index (χ3v) is 3.62. The topological polar surface area (TPSA) is 53.3 Å². The number of thioether (sulfide) groups is 1. The van der Waals surface area contributed by atoms with Crippen molar-refractivity contribution in [3.8, 4) is 11.8 Å². The van der Waals surface area contributed by atoms with Crippen LogP contribution >= 0.6 is 11.8 Å². The lowest BCUT2D eigenvalue weighted by atomic mass is 10.2. The first-order valence-electron chi connectivity index (χ1n) is 5.96. The van der Waals surface area contributed by atoms with Crippen LogP contribution in [0.4, 0.5) is 0 Å². The van der Waals surface area contributed by atoms with Gasteiger partial charge >= 0.3 is 0 Å². The van der Waals surface area contributed by atoms with Crippen molar-refractivity contribution in [1.82, 2.24) is 4.90 Å². The molecule has 1 rings (SSSR count). The number of likely N-dealkylation sites (N-methyl/N-ethyl adjacent to an activating group) is 1. The Hall–Kier alpha value is -1.67. The van der Waals surface area contributed by atoms with Crippen LogP contribution in [0.1, 0.15) is 12.5 Å². The van der Waals surface area contributed by atoms with Gasteiger partial charge in [0, 0.05) is 18.8 Å². The maximum absolute atomic E-state index is 11.9. The van der Waals surface area contributed by atoms with E-state index in [-0.39, 0.29) is 18.6 Å². The van der Waals surface area contributed by atoms with Crippen LogP contribution in [0.15, 0.2) is 24.3 Å². The predicted octanol–water partition coefficient (Wildman–Crippen LogP) is 2.15. The van der Waals surface area contributed by atoms with Crippen LogP contribution in [0.25, 0.3) is 0 Å². The van der Waals surface area contributed by atoms with Crippen LogP contribution in [0, 0.1) is 11.3 Å². The van der Waals surface area contributed by atoms with Crippen molar-refractivity contribution in [3.63, 3.8) is 0 Å². The average Bonchev–Trinajstić information content (AvgIpc) is 2.44. The number of hydrogen-bond donors (Lipinski definition) is 0. The van der Waals surface area contributed by atoms with E-state index >= 15 is 0 Å². The number of benzene rings is 1. The summed E-state index contributed by atoms with van der Waals surface area (Å²) < 4.78 is 5.41. The Balaban J connectivity index is 2.47. The molecule has 1 aromatic rings. The van der Waals surface area contributed by atoms with Gasteiger partial charge in [-0.3, -0.25) is 4.79 Å². The van der Waals surface area contributed by atoms with Gasteiger partial charge in [-0.1, -0.05) is 0 Å². The molecule has 1 unspecified atom stereocenters. The molecule has 0 saturated heterocycles. The van der Waals surface area contributed by atoms with Gasteiger partial charge in [0.2, 0.25) is 0 Å². The molecule has 0 fully saturated rings. The lowest BCUT2D eigenvalue weighted by Gasteiger charge is -2.24. The van der Waals surface area contributed by atoms with Gasteiger partial charge in [-0.05, 0) is 37.4 Å². The lowest BCUT2D eigenvalue weighted by molar-refractivity contribution is -0.133. The molecule has 0 aliphatic carbocycles. The molecule has 1 aromatic carbocycles. The van der Waals surface area contributed by atoms with Gasteiger partial charge in [0.05, 0.1) is 11.6 Å². The number of nitrogens with zero attached hydrogens (tertiary/aromatic N) is 2. The Kier molecular flexibility index (Phi) is 6.23. The summed E-state index contributed by atoms with van der Waals surface area (Å²) in [5.41, 5.74) is 0.574. The Morgan fingerprint density at radius 2 is 2.11 bits per heavy atom. The molecule has 0 heterocycles. The van der Waals surface area contributed by atoms with Gasteiger partial charge in [-0.25, -0.2) is 0 Å². The normalized spacial score (nSPS) is 11.5. The molecule has 1 amide bonds. The number of rotatable bonds is 6. The third-order valence-electron chi connectivity index (χ3n) is 2.81. The van der Waals surface area contributed by atoms with E-state index in [4.69, 9.17) is 10.00 Å². The summed E-state index contributed by atoms with van der Waals surface area (Å²) in [5, 5.41) is 8.68. The molecular formula is C14H18N2O2S. The fourth-order valence-electron chi connectivity index (χ4n) is 1.47. The smallest absolute Gasteiger partial charge is 0.260 e. The van der Waals surface area contributed by atoms with Crippen molar-refractivity contribution in [2.75, 3.05) is 25.7 Å². The highest BCUT2D eigenvalue weighted by Crippen LogP contribution is 2.12. The summed E-state index contributed by atoms with van der Waals surface area (Å²) in [6.45, 7) is 2.03. The summed E-state index contributed by atoms with van der Waals surface area (Å²) in [7, 11) is 1.78. The molecule has 0 N–H and O–H groups in total. The molecule has 0 spiro atoms. The molecule has 0 radical (unpaired) electrons. The van der Waals surface area contributed by atoms with Crippen LogP contribution in [-0.4, -0.2) is 42.5 Å². The molecule has 0 saturated carbocycles. The minimum Gasteiger partial charge on any atom is -0.484 e. The highest BCUT2D eigenvalue weighted by molar-refractivity contribution is 7.98. The summed E-state index contributed by atoms with van der Waals surface area (Å²) in [6, 6.07) is 8.94. The monoisotopic (exact) mass is 278 g/mol. The van der Waals surface area contributed by atoms with E-state index in [1.165, 1.54) is 0 Å². The van der Waals surface area contributed by atoms with Gasteiger partial charge in [0.1, 0.15) is 5.75 Å². The maximum atomic E-state index is 11.9. The first-order valence-corrected chi connectivity index (χ1v) is 7.35. The van der Waals surface area contributed by atoms with Crippen LogP contribution in [-0.2, 0) is 4.79 Å². The summed E-state index contributed by atoms with van der Waals surface area (Å²) in [6.07, 6.45) is 2.02. The third kappa shape index (κ3) is 4.84. The van der Waals surface area contributed by atoms with Crippen molar-refractivity contribution in [2.45, 2.75) is 13.0 Å². The minimum absolute atomic E-state index is 0.0150. The molecule has 0 aliphatic heterocycles. The zero-order valence-electron chi connectivity index (χ0n) is 11.4. The second-order valence-corrected chi connectivity index (χ2v) is 5.14. The highest BCUT2D eigenvalue weighted by Gasteiger charge is 2.15. The minimum atomic E-state index is -0.0501. The second-order valence-electron chi connectivity index (χ2n) is 4.23. The Bertz CT molecular complexity index is 454. The predicted molar refractivity (Wildman–Crippen MR) is 77.3 cm³/mol. The van der Waals surface area contributed by atoms with Crippen molar-refractivity contribution >= 4 is 17.7 Å². The van der Waals surface area contributed by atoms with E-state index in [9.17, 15) is 4.79 Å². The summed E-state index contributed by atoms with van der Waals surface area (Å²) >= 11 is 1.71. The largest absolute Gasteiger partial charge is 0.484 e. The highest BCUT2D eigenvalue weighted by atomic mass is 32.2. The molecule has 19 heavy (non-hydrogen) atoms. The van der Waals surface area contributed by atoms with E-state index in [0.717, 1.165) is 5.75 Å². The van der Waals surface area contributed by atoms with Crippen LogP contribution in [0.3, 0.4) is 0 Å². The van der Waals surface area contributed by atoms with E-state index in [1.807, 2.05) is 19.2 Å². The molecule has 5 heteroatoms.